The van der Waals surface area contributed by atoms with Gasteiger partial charge in [0.25, 0.3) is 0 Å². The fourth-order valence-corrected chi connectivity index (χ4v) is 4.26. The van der Waals surface area contributed by atoms with Gasteiger partial charge in [0.1, 0.15) is 17.2 Å². The Bertz CT molecular complexity index is 1210. The molecular weight excluding hydrogens is 452 g/mol. The second-order valence-electron chi connectivity index (χ2n) is 6.25. The maximum Gasteiger partial charge on any atom is 0.303 e. The third-order valence-electron chi connectivity index (χ3n) is 4.09. The molecule has 0 heterocycles. The first kappa shape index (κ1) is 24.5. The van der Waals surface area contributed by atoms with Gasteiger partial charge in [0.05, 0.1) is 16.2 Å². The number of allylic oxidation sites excluding steroid dienone is 1. The molecule has 0 aliphatic rings. The third-order valence-corrected chi connectivity index (χ3v) is 6.59. The van der Waals surface area contributed by atoms with E-state index in [4.69, 9.17) is 15.6 Å². The zero-order chi connectivity index (χ0) is 23.7. The highest BCUT2D eigenvalue weighted by molar-refractivity contribution is 8.02. The van der Waals surface area contributed by atoms with Crippen LogP contribution in [0.5, 0.6) is 0 Å². The van der Waals surface area contributed by atoms with Crippen LogP contribution in [0.15, 0.2) is 68.9 Å². The molecule has 2 aromatic rings. The number of carboxylic acids is 1. The van der Waals surface area contributed by atoms with Crippen LogP contribution in [-0.4, -0.2) is 31.7 Å². The molecule has 32 heavy (non-hydrogen) atoms. The van der Waals surface area contributed by atoms with Crippen molar-refractivity contribution in [2.45, 2.75) is 22.6 Å². The number of thioether (sulfide) groups is 1. The summed E-state index contributed by atoms with van der Waals surface area (Å²) in [6.07, 6.45) is 1.22. The molecule has 0 aliphatic heterocycles. The topological polar surface area (TPSA) is 160 Å². The van der Waals surface area contributed by atoms with Crippen molar-refractivity contribution in [1.82, 2.24) is 0 Å². The summed E-state index contributed by atoms with van der Waals surface area (Å²) in [6.45, 7) is 0. The minimum Gasteiger partial charge on any atom is -0.481 e. The summed E-state index contributed by atoms with van der Waals surface area (Å²) in [5.41, 5.74) is 0.779. The molecule has 0 atom stereocenters. The fourth-order valence-electron chi connectivity index (χ4n) is 2.49. The summed E-state index contributed by atoms with van der Waals surface area (Å²) in [4.78, 5) is 22.3. The van der Waals surface area contributed by atoms with Crippen LogP contribution in [0.2, 0.25) is 0 Å². The van der Waals surface area contributed by atoms with Crippen LogP contribution < -0.4 is 10.6 Å². The van der Waals surface area contributed by atoms with Gasteiger partial charge in [-0.25, -0.2) is 8.42 Å². The Morgan fingerprint density at radius 2 is 1.38 bits per heavy atom. The van der Waals surface area contributed by atoms with Crippen molar-refractivity contribution in [3.8, 4) is 12.1 Å². The lowest BCUT2D eigenvalue weighted by Crippen LogP contribution is -2.13. The third kappa shape index (κ3) is 6.35. The molecule has 0 unspecified atom stereocenters. The van der Waals surface area contributed by atoms with Gasteiger partial charge in [-0.15, -0.1) is 11.8 Å². The van der Waals surface area contributed by atoms with Crippen LogP contribution in [0.3, 0.4) is 0 Å². The highest BCUT2D eigenvalue weighted by atomic mass is 32.2. The molecule has 0 spiro atoms. The zero-order valence-electron chi connectivity index (χ0n) is 16.8. The van der Waals surface area contributed by atoms with Gasteiger partial charge in [-0.3, -0.25) is 9.59 Å². The molecule has 11 heteroatoms. The first-order valence-electron chi connectivity index (χ1n) is 9.03. The number of carboxylic acid groups (broad SMARTS) is 1. The lowest BCUT2D eigenvalue weighted by molar-refractivity contribution is -0.138. The molecule has 2 rings (SSSR count). The van der Waals surface area contributed by atoms with Gasteiger partial charge in [-0.1, -0.05) is 0 Å². The number of carbonyl (C=O) groups is 2. The van der Waals surface area contributed by atoms with E-state index in [0.717, 1.165) is 0 Å². The van der Waals surface area contributed by atoms with Gasteiger partial charge in [0.15, 0.2) is 5.57 Å². The molecule has 0 bridgehead atoms. The molecule has 9 nitrogen and oxygen atoms in total. The Balaban J connectivity index is 2.16. The quantitative estimate of drug-likeness (QED) is 0.467. The molecule has 164 valence electrons. The SMILES string of the molecule is CSC(Nc1ccc(S(=O)(=O)c2ccc(NC(=O)CCC(=O)O)cc2)cc1)=C(C#N)C#N. The summed E-state index contributed by atoms with van der Waals surface area (Å²) in [5, 5.41) is 32.4. The Kier molecular flexibility index (Phi) is 8.41. The first-order valence-corrected chi connectivity index (χ1v) is 11.7. The predicted molar refractivity (Wildman–Crippen MR) is 119 cm³/mol. The maximum atomic E-state index is 12.9. The van der Waals surface area contributed by atoms with Crippen molar-refractivity contribution in [1.29, 1.82) is 10.5 Å². The number of carbonyl (C=O) groups excluding carboxylic acids is 1. The van der Waals surface area contributed by atoms with Crippen LogP contribution in [0.4, 0.5) is 11.4 Å². The molecular formula is C21H18N4O5S2. The van der Waals surface area contributed by atoms with E-state index in [1.807, 2.05) is 0 Å². The monoisotopic (exact) mass is 470 g/mol. The number of hydrogen-bond acceptors (Lipinski definition) is 8. The Labute approximate surface area is 189 Å². The van der Waals surface area contributed by atoms with Crippen molar-refractivity contribution >= 4 is 44.9 Å². The zero-order valence-corrected chi connectivity index (χ0v) is 18.5. The van der Waals surface area contributed by atoms with E-state index in [2.05, 4.69) is 10.6 Å². The standard InChI is InChI=1S/C21H18N4O5S2/c1-31-21(14(12-22)13-23)25-16-4-8-18(9-5-16)32(29,30)17-6-2-15(3-7-17)24-19(26)10-11-20(27)28/h2-9,25H,10-11H2,1H3,(H,24,26)(H,27,28). The summed E-state index contributed by atoms with van der Waals surface area (Å²) in [7, 11) is -3.82. The number of anilines is 2. The van der Waals surface area contributed by atoms with E-state index >= 15 is 0 Å². The molecule has 2 aromatic carbocycles. The van der Waals surface area contributed by atoms with Crippen molar-refractivity contribution in [2.75, 3.05) is 16.9 Å². The molecule has 0 fully saturated rings. The molecule has 0 saturated carbocycles. The second kappa shape index (κ2) is 11.0. The van der Waals surface area contributed by atoms with Crippen LogP contribution in [0, 0.1) is 22.7 Å². The Hall–Kier alpha value is -3.80. The van der Waals surface area contributed by atoms with E-state index in [0.29, 0.717) is 16.4 Å². The van der Waals surface area contributed by atoms with Gasteiger partial charge < -0.3 is 15.7 Å². The number of sulfone groups is 1. The number of rotatable bonds is 9. The largest absolute Gasteiger partial charge is 0.481 e. The molecule has 0 aromatic heterocycles. The number of nitrogens with one attached hydrogen (secondary N) is 2. The van der Waals surface area contributed by atoms with E-state index in [-0.39, 0.29) is 28.2 Å². The second-order valence-corrected chi connectivity index (χ2v) is 9.02. The lowest BCUT2D eigenvalue weighted by atomic mass is 10.2. The minimum atomic E-state index is -3.82. The van der Waals surface area contributed by atoms with Gasteiger partial charge >= 0.3 is 5.97 Å². The number of aliphatic carboxylic acids is 1. The normalized spacial score (nSPS) is 10.3. The number of benzene rings is 2. The van der Waals surface area contributed by atoms with Gasteiger partial charge in [0.2, 0.25) is 15.7 Å². The molecule has 3 N–H and O–H groups in total. The number of nitrogens with zero attached hydrogens (tertiary/aromatic N) is 2. The highest BCUT2D eigenvalue weighted by Gasteiger charge is 2.18. The molecule has 1 amide bonds. The average molecular weight is 471 g/mol. The van der Waals surface area contributed by atoms with Crippen molar-refractivity contribution in [2.24, 2.45) is 0 Å². The molecule has 0 radical (unpaired) electrons. The summed E-state index contributed by atoms with van der Waals surface area (Å²) < 4.78 is 25.7. The van der Waals surface area contributed by atoms with Crippen LogP contribution in [-0.2, 0) is 19.4 Å². The van der Waals surface area contributed by atoms with E-state index in [1.54, 1.807) is 18.4 Å². The van der Waals surface area contributed by atoms with E-state index < -0.39 is 21.7 Å². The molecule has 0 saturated heterocycles. The van der Waals surface area contributed by atoms with Gasteiger partial charge in [-0.05, 0) is 54.8 Å². The molecule has 0 aliphatic carbocycles. The van der Waals surface area contributed by atoms with Crippen molar-refractivity contribution < 1.29 is 23.1 Å². The summed E-state index contributed by atoms with van der Waals surface area (Å²) in [5.74, 6) is -1.57. The fraction of sp³-hybridized carbons (Fsp3) is 0.143. The maximum absolute atomic E-state index is 12.9. The van der Waals surface area contributed by atoms with Crippen LogP contribution >= 0.6 is 11.8 Å². The van der Waals surface area contributed by atoms with Gasteiger partial charge in [0, 0.05) is 17.8 Å². The minimum absolute atomic E-state index is 0.0164. The van der Waals surface area contributed by atoms with E-state index in [9.17, 15) is 18.0 Å². The van der Waals surface area contributed by atoms with E-state index in [1.165, 1.54) is 60.3 Å². The van der Waals surface area contributed by atoms with Crippen LogP contribution in [0.25, 0.3) is 0 Å². The first-order chi connectivity index (χ1) is 15.2. The predicted octanol–water partition coefficient (Wildman–Crippen LogP) is 3.36. The van der Waals surface area contributed by atoms with Crippen molar-refractivity contribution in [3.05, 3.63) is 59.1 Å². The lowest BCUT2D eigenvalue weighted by Gasteiger charge is -2.10. The average Bonchev–Trinajstić information content (AvgIpc) is 2.78. The summed E-state index contributed by atoms with van der Waals surface area (Å²) in [6, 6.07) is 15.0. The Morgan fingerprint density at radius 1 is 0.906 bits per heavy atom. The smallest absolute Gasteiger partial charge is 0.303 e. The Morgan fingerprint density at radius 3 is 1.78 bits per heavy atom. The van der Waals surface area contributed by atoms with Crippen LogP contribution in [0.1, 0.15) is 12.8 Å². The highest BCUT2D eigenvalue weighted by Crippen LogP contribution is 2.26. The number of nitriles is 2. The summed E-state index contributed by atoms with van der Waals surface area (Å²) >= 11 is 1.18. The van der Waals surface area contributed by atoms with Crippen molar-refractivity contribution in [3.63, 3.8) is 0 Å². The van der Waals surface area contributed by atoms with Gasteiger partial charge in [-0.2, -0.15) is 10.5 Å². The number of hydrogen-bond donors (Lipinski definition) is 3. The number of amides is 1.